The molecule has 0 spiro atoms. The third-order valence-electron chi connectivity index (χ3n) is 3.64. The van der Waals surface area contributed by atoms with Crippen molar-refractivity contribution in [2.24, 2.45) is 0 Å². The average molecular weight is 374 g/mol. The zero-order valence-corrected chi connectivity index (χ0v) is 15.6. The molecule has 0 atom stereocenters. The molecule has 0 aliphatic rings. The van der Waals surface area contributed by atoms with Gasteiger partial charge in [-0.15, -0.1) is 0 Å². The number of anilines is 3. The molecule has 0 unspecified atom stereocenters. The highest BCUT2D eigenvalue weighted by molar-refractivity contribution is 6.31. The van der Waals surface area contributed by atoms with Gasteiger partial charge in [-0.3, -0.25) is 14.4 Å². The van der Waals surface area contributed by atoms with Crippen LogP contribution in [0.15, 0.2) is 42.5 Å². The number of amides is 3. The van der Waals surface area contributed by atoms with Gasteiger partial charge in [0.15, 0.2) is 0 Å². The summed E-state index contributed by atoms with van der Waals surface area (Å²) in [6.07, 6.45) is 0. The molecule has 6 nitrogen and oxygen atoms in total. The van der Waals surface area contributed by atoms with Crippen molar-refractivity contribution in [3.05, 3.63) is 53.1 Å². The Labute approximate surface area is 157 Å². The topological polar surface area (TPSA) is 78.5 Å². The summed E-state index contributed by atoms with van der Waals surface area (Å²) in [6.45, 7) is 4.54. The van der Waals surface area contributed by atoms with Crippen molar-refractivity contribution in [3.63, 3.8) is 0 Å². The lowest BCUT2D eigenvalue weighted by Gasteiger charge is -2.21. The molecule has 7 heteroatoms. The van der Waals surface area contributed by atoms with Gasteiger partial charge in [-0.1, -0.05) is 17.7 Å². The van der Waals surface area contributed by atoms with Gasteiger partial charge >= 0.3 is 0 Å². The van der Waals surface area contributed by atoms with Crippen molar-refractivity contribution >= 4 is 46.4 Å². The molecule has 3 amide bonds. The highest BCUT2D eigenvalue weighted by Gasteiger charge is 2.16. The maximum atomic E-state index is 12.3. The first-order chi connectivity index (χ1) is 12.3. The molecular formula is C19H20ClN3O3. The van der Waals surface area contributed by atoms with Crippen molar-refractivity contribution in [2.45, 2.75) is 20.8 Å². The number of nitrogens with zero attached hydrogens (tertiary/aromatic N) is 1. The second kappa shape index (κ2) is 8.49. The largest absolute Gasteiger partial charge is 0.326 e. The molecule has 0 fully saturated rings. The van der Waals surface area contributed by atoms with Crippen LogP contribution >= 0.6 is 11.6 Å². The van der Waals surface area contributed by atoms with Crippen LogP contribution in [0.3, 0.4) is 0 Å². The zero-order valence-electron chi connectivity index (χ0n) is 14.8. The molecule has 136 valence electrons. The Kier molecular flexibility index (Phi) is 6.36. The second-order valence-corrected chi connectivity index (χ2v) is 6.25. The molecular weight excluding hydrogens is 354 g/mol. The summed E-state index contributed by atoms with van der Waals surface area (Å²) < 4.78 is 0. The molecule has 0 saturated heterocycles. The Hall–Kier alpha value is -2.86. The first kappa shape index (κ1) is 19.5. The van der Waals surface area contributed by atoms with Gasteiger partial charge in [-0.2, -0.15) is 0 Å². The van der Waals surface area contributed by atoms with Gasteiger partial charge in [-0.05, 0) is 48.9 Å². The van der Waals surface area contributed by atoms with Crippen molar-refractivity contribution < 1.29 is 14.4 Å². The number of hydrogen-bond donors (Lipinski definition) is 2. The van der Waals surface area contributed by atoms with E-state index in [4.69, 9.17) is 11.6 Å². The normalized spacial score (nSPS) is 10.2. The van der Waals surface area contributed by atoms with Crippen LogP contribution in [0.1, 0.15) is 19.4 Å². The van der Waals surface area contributed by atoms with Gasteiger partial charge in [0.1, 0.15) is 6.54 Å². The van der Waals surface area contributed by atoms with Crippen LogP contribution in [-0.4, -0.2) is 24.3 Å². The zero-order chi connectivity index (χ0) is 19.3. The lowest BCUT2D eigenvalue weighted by molar-refractivity contribution is -0.120. The van der Waals surface area contributed by atoms with E-state index in [0.717, 1.165) is 5.56 Å². The summed E-state index contributed by atoms with van der Waals surface area (Å²) >= 11 is 6.11. The Morgan fingerprint density at radius 2 is 1.54 bits per heavy atom. The minimum Gasteiger partial charge on any atom is -0.326 e. The average Bonchev–Trinajstić information content (AvgIpc) is 2.56. The van der Waals surface area contributed by atoms with E-state index in [1.807, 2.05) is 6.92 Å². The molecule has 2 aromatic carbocycles. The van der Waals surface area contributed by atoms with E-state index in [1.54, 1.807) is 42.5 Å². The first-order valence-electron chi connectivity index (χ1n) is 7.98. The minimum absolute atomic E-state index is 0.137. The van der Waals surface area contributed by atoms with Crippen molar-refractivity contribution in [1.82, 2.24) is 0 Å². The maximum Gasteiger partial charge on any atom is 0.244 e. The lowest BCUT2D eigenvalue weighted by Crippen LogP contribution is -2.36. The third kappa shape index (κ3) is 5.32. The van der Waals surface area contributed by atoms with E-state index in [0.29, 0.717) is 22.1 Å². The van der Waals surface area contributed by atoms with Gasteiger partial charge < -0.3 is 15.5 Å². The van der Waals surface area contributed by atoms with Gasteiger partial charge in [-0.25, -0.2) is 0 Å². The number of benzene rings is 2. The van der Waals surface area contributed by atoms with Crippen molar-refractivity contribution in [1.29, 1.82) is 0 Å². The molecule has 0 bridgehead atoms. The lowest BCUT2D eigenvalue weighted by atomic mass is 10.2. The fourth-order valence-electron chi connectivity index (χ4n) is 2.32. The summed E-state index contributed by atoms with van der Waals surface area (Å²) in [5.74, 6) is -0.777. The minimum atomic E-state index is -0.343. The summed E-state index contributed by atoms with van der Waals surface area (Å²) in [4.78, 5) is 36.6. The van der Waals surface area contributed by atoms with Gasteiger partial charge in [0, 0.05) is 35.9 Å². The molecule has 2 aromatic rings. The summed E-state index contributed by atoms with van der Waals surface area (Å²) in [7, 11) is 0. The SMILES string of the molecule is CC(=O)Nc1ccc(NC(=O)CN(C(C)=O)c2ccc(C)c(Cl)c2)cc1. The fourth-order valence-corrected chi connectivity index (χ4v) is 2.49. The van der Waals surface area contributed by atoms with Crippen LogP contribution in [-0.2, 0) is 14.4 Å². The smallest absolute Gasteiger partial charge is 0.244 e. The number of aryl methyl sites for hydroxylation is 1. The van der Waals surface area contributed by atoms with Crippen molar-refractivity contribution in [3.8, 4) is 0 Å². The number of hydrogen-bond acceptors (Lipinski definition) is 3. The number of nitrogens with one attached hydrogen (secondary N) is 2. The predicted octanol–water partition coefficient (Wildman–Crippen LogP) is 3.60. The molecule has 0 aliphatic carbocycles. The van der Waals surface area contributed by atoms with Gasteiger partial charge in [0.05, 0.1) is 0 Å². The Balaban J connectivity index is 2.06. The Morgan fingerprint density at radius 3 is 2.04 bits per heavy atom. The van der Waals surface area contributed by atoms with Crippen molar-refractivity contribution in [2.75, 3.05) is 22.1 Å². The van der Waals surface area contributed by atoms with Gasteiger partial charge in [0.2, 0.25) is 17.7 Å². The number of carbonyl (C=O) groups excluding carboxylic acids is 3. The van der Waals surface area contributed by atoms with E-state index < -0.39 is 0 Å². The molecule has 26 heavy (non-hydrogen) atoms. The first-order valence-corrected chi connectivity index (χ1v) is 8.36. The predicted molar refractivity (Wildman–Crippen MR) is 104 cm³/mol. The van der Waals surface area contributed by atoms with Crippen LogP contribution in [0, 0.1) is 6.92 Å². The molecule has 2 N–H and O–H groups in total. The molecule has 0 aromatic heterocycles. The van der Waals surface area contributed by atoms with Crippen LogP contribution in [0.5, 0.6) is 0 Å². The third-order valence-corrected chi connectivity index (χ3v) is 4.05. The van der Waals surface area contributed by atoms with Crippen LogP contribution < -0.4 is 15.5 Å². The maximum absolute atomic E-state index is 12.3. The van der Waals surface area contributed by atoms with Crippen LogP contribution in [0.25, 0.3) is 0 Å². The number of rotatable bonds is 5. The number of halogens is 1. The Bertz CT molecular complexity index is 834. The summed E-state index contributed by atoms with van der Waals surface area (Å²) in [5.41, 5.74) is 2.65. The fraction of sp³-hybridized carbons (Fsp3) is 0.211. The Morgan fingerprint density at radius 1 is 0.962 bits per heavy atom. The quantitative estimate of drug-likeness (QED) is 0.840. The standard InChI is InChI=1S/C19H20ClN3O3/c1-12-4-9-17(10-18(12)20)23(14(3)25)11-19(26)22-16-7-5-15(6-8-16)21-13(2)24/h4-10H,11H2,1-3H3,(H,21,24)(H,22,26). The molecule has 0 saturated carbocycles. The van der Waals surface area contributed by atoms with E-state index in [1.165, 1.54) is 18.7 Å². The van der Waals surface area contributed by atoms with Crippen LogP contribution in [0.2, 0.25) is 5.02 Å². The van der Waals surface area contributed by atoms with E-state index in [-0.39, 0.29) is 24.3 Å². The van der Waals surface area contributed by atoms with E-state index >= 15 is 0 Å². The molecule has 0 aliphatic heterocycles. The molecule has 0 radical (unpaired) electrons. The van der Waals surface area contributed by atoms with Gasteiger partial charge in [0.25, 0.3) is 0 Å². The monoisotopic (exact) mass is 373 g/mol. The van der Waals surface area contributed by atoms with E-state index in [2.05, 4.69) is 10.6 Å². The second-order valence-electron chi connectivity index (χ2n) is 5.85. The van der Waals surface area contributed by atoms with Crippen LogP contribution in [0.4, 0.5) is 17.1 Å². The molecule has 0 heterocycles. The highest BCUT2D eigenvalue weighted by Crippen LogP contribution is 2.23. The number of carbonyl (C=O) groups is 3. The van der Waals surface area contributed by atoms with E-state index in [9.17, 15) is 14.4 Å². The summed E-state index contributed by atoms with van der Waals surface area (Å²) in [6, 6.07) is 11.9. The highest BCUT2D eigenvalue weighted by atomic mass is 35.5. The summed E-state index contributed by atoms with van der Waals surface area (Å²) in [5, 5.41) is 5.90. The molecule has 2 rings (SSSR count).